The molecule has 0 spiro atoms. The summed E-state index contributed by atoms with van der Waals surface area (Å²) in [5, 5.41) is 8.74. The molecule has 23 heavy (non-hydrogen) atoms. The van der Waals surface area contributed by atoms with Gasteiger partial charge in [-0.15, -0.1) is 0 Å². The Labute approximate surface area is 137 Å². The number of carbonyl (C=O) groups excluding carboxylic acids is 1. The van der Waals surface area contributed by atoms with Crippen LogP contribution in [0.4, 0.5) is 0 Å². The molecule has 9 heteroatoms. The zero-order chi connectivity index (χ0) is 17.6. The standard InChI is InChI=1S/C14H26N2O6S/c1-3-23(20,21)16-6-4-11(5-7-16)22-13(17)9-10(2)8-12(15)14(18)19/h10-12H,3-9,15H2,1-2H3,(H,18,19)/t10?,12-/m0/s1. The lowest BCUT2D eigenvalue weighted by atomic mass is 9.99. The van der Waals surface area contributed by atoms with Gasteiger partial charge in [-0.25, -0.2) is 12.7 Å². The minimum atomic E-state index is -3.19. The van der Waals surface area contributed by atoms with Crippen LogP contribution >= 0.6 is 0 Å². The predicted molar refractivity (Wildman–Crippen MR) is 84.2 cm³/mol. The SMILES string of the molecule is CCS(=O)(=O)N1CCC(OC(=O)CC(C)C[C@H](N)C(=O)O)CC1. The molecule has 0 amide bonds. The first-order chi connectivity index (χ1) is 10.7. The molecular weight excluding hydrogens is 324 g/mol. The number of carboxylic acid groups (broad SMARTS) is 1. The summed E-state index contributed by atoms with van der Waals surface area (Å²) >= 11 is 0. The van der Waals surface area contributed by atoms with Crippen LogP contribution in [0.1, 0.15) is 39.5 Å². The Hall–Kier alpha value is -1.19. The van der Waals surface area contributed by atoms with E-state index < -0.39 is 28.0 Å². The van der Waals surface area contributed by atoms with Crippen LogP contribution in [0.25, 0.3) is 0 Å². The van der Waals surface area contributed by atoms with Crippen molar-refractivity contribution < 1.29 is 27.9 Å². The minimum Gasteiger partial charge on any atom is -0.480 e. The van der Waals surface area contributed by atoms with E-state index in [1.54, 1.807) is 13.8 Å². The summed E-state index contributed by atoms with van der Waals surface area (Å²) in [6.07, 6.45) is 0.986. The number of carbonyl (C=O) groups is 2. The summed E-state index contributed by atoms with van der Waals surface area (Å²) in [6, 6.07) is -0.986. The Morgan fingerprint density at radius 1 is 1.35 bits per heavy atom. The minimum absolute atomic E-state index is 0.0683. The number of nitrogens with zero attached hydrogens (tertiary/aromatic N) is 1. The molecule has 0 saturated carbocycles. The fourth-order valence-corrected chi connectivity index (χ4v) is 3.68. The van der Waals surface area contributed by atoms with Gasteiger partial charge < -0.3 is 15.6 Å². The van der Waals surface area contributed by atoms with Gasteiger partial charge in [0.15, 0.2) is 0 Å². The van der Waals surface area contributed by atoms with Crippen LogP contribution in [-0.2, 0) is 24.3 Å². The molecule has 1 aliphatic heterocycles. The lowest BCUT2D eigenvalue weighted by molar-refractivity contribution is -0.152. The Morgan fingerprint density at radius 3 is 2.39 bits per heavy atom. The molecule has 1 heterocycles. The molecule has 2 atom stereocenters. The van der Waals surface area contributed by atoms with Gasteiger partial charge in [0.05, 0.1) is 5.75 Å². The quantitative estimate of drug-likeness (QED) is 0.597. The molecule has 8 nitrogen and oxygen atoms in total. The smallest absolute Gasteiger partial charge is 0.320 e. The topological polar surface area (TPSA) is 127 Å². The van der Waals surface area contributed by atoms with E-state index in [0.717, 1.165) is 0 Å². The first-order valence-corrected chi connectivity index (χ1v) is 9.42. The number of piperidine rings is 1. The van der Waals surface area contributed by atoms with Gasteiger partial charge in [0.2, 0.25) is 10.0 Å². The molecule has 1 saturated heterocycles. The summed E-state index contributed by atoms with van der Waals surface area (Å²) in [5.41, 5.74) is 5.43. The van der Waals surface area contributed by atoms with Crippen LogP contribution in [0.2, 0.25) is 0 Å². The summed E-state index contributed by atoms with van der Waals surface area (Å²) in [6.45, 7) is 4.06. The van der Waals surface area contributed by atoms with Gasteiger partial charge in [0, 0.05) is 19.5 Å². The number of carboxylic acids is 1. The van der Waals surface area contributed by atoms with E-state index in [-0.39, 0.29) is 30.6 Å². The molecule has 1 aliphatic rings. The van der Waals surface area contributed by atoms with Crippen LogP contribution in [0.3, 0.4) is 0 Å². The van der Waals surface area contributed by atoms with Crippen molar-refractivity contribution in [3.8, 4) is 0 Å². The molecule has 0 aliphatic carbocycles. The zero-order valence-electron chi connectivity index (χ0n) is 13.6. The summed E-state index contributed by atoms with van der Waals surface area (Å²) in [7, 11) is -3.19. The van der Waals surface area contributed by atoms with Crippen molar-refractivity contribution in [1.29, 1.82) is 0 Å². The highest BCUT2D eigenvalue weighted by molar-refractivity contribution is 7.89. The van der Waals surface area contributed by atoms with Crippen LogP contribution in [0.15, 0.2) is 0 Å². The van der Waals surface area contributed by atoms with Crippen molar-refractivity contribution in [1.82, 2.24) is 4.31 Å². The van der Waals surface area contributed by atoms with E-state index in [4.69, 9.17) is 15.6 Å². The predicted octanol–water partition coefficient (Wildman–Crippen LogP) is 0.172. The number of nitrogens with two attached hydrogens (primary N) is 1. The van der Waals surface area contributed by atoms with E-state index in [9.17, 15) is 18.0 Å². The lowest BCUT2D eigenvalue weighted by Gasteiger charge is -2.30. The number of sulfonamides is 1. The van der Waals surface area contributed by atoms with Gasteiger partial charge in [-0.1, -0.05) is 6.92 Å². The van der Waals surface area contributed by atoms with Crippen LogP contribution < -0.4 is 5.73 Å². The van der Waals surface area contributed by atoms with Gasteiger partial charge in [-0.2, -0.15) is 0 Å². The largest absolute Gasteiger partial charge is 0.480 e. The van der Waals surface area contributed by atoms with E-state index in [2.05, 4.69) is 0 Å². The molecule has 0 radical (unpaired) electrons. The number of hydrogen-bond acceptors (Lipinski definition) is 6. The first-order valence-electron chi connectivity index (χ1n) is 7.81. The third-order valence-corrected chi connectivity index (χ3v) is 5.83. The normalized spacial score (nSPS) is 20.0. The molecule has 0 aromatic heterocycles. The fourth-order valence-electron chi connectivity index (χ4n) is 2.55. The number of hydrogen-bond donors (Lipinski definition) is 2. The van der Waals surface area contributed by atoms with E-state index in [1.165, 1.54) is 4.31 Å². The van der Waals surface area contributed by atoms with Gasteiger partial charge >= 0.3 is 11.9 Å². The molecule has 134 valence electrons. The van der Waals surface area contributed by atoms with Crippen LogP contribution in [0, 0.1) is 5.92 Å². The number of aliphatic carboxylic acids is 1. The molecule has 3 N–H and O–H groups in total. The van der Waals surface area contributed by atoms with Crippen molar-refractivity contribution in [3.05, 3.63) is 0 Å². The van der Waals surface area contributed by atoms with Crippen molar-refractivity contribution in [2.75, 3.05) is 18.8 Å². The van der Waals surface area contributed by atoms with Crippen molar-refractivity contribution in [2.24, 2.45) is 11.7 Å². The summed E-state index contributed by atoms with van der Waals surface area (Å²) in [4.78, 5) is 22.5. The summed E-state index contributed by atoms with van der Waals surface area (Å²) < 4.78 is 30.3. The fraction of sp³-hybridized carbons (Fsp3) is 0.857. The monoisotopic (exact) mass is 350 g/mol. The van der Waals surface area contributed by atoms with Crippen LogP contribution in [-0.4, -0.2) is 60.8 Å². The Kier molecular flexibility index (Phi) is 7.43. The first kappa shape index (κ1) is 19.9. The average molecular weight is 350 g/mol. The third-order valence-electron chi connectivity index (χ3n) is 3.95. The second kappa shape index (κ2) is 8.60. The van der Waals surface area contributed by atoms with Crippen molar-refractivity contribution in [2.45, 2.75) is 51.7 Å². The van der Waals surface area contributed by atoms with E-state index in [0.29, 0.717) is 25.9 Å². The molecule has 1 rings (SSSR count). The molecule has 1 fully saturated rings. The van der Waals surface area contributed by atoms with Gasteiger partial charge in [-0.05, 0) is 32.1 Å². The second-order valence-corrected chi connectivity index (χ2v) is 8.24. The zero-order valence-corrected chi connectivity index (χ0v) is 14.4. The number of ether oxygens (including phenoxy) is 1. The molecule has 1 unspecified atom stereocenters. The van der Waals surface area contributed by atoms with E-state index in [1.807, 2.05) is 0 Å². The number of esters is 1. The molecule has 0 bridgehead atoms. The maximum atomic E-state index is 11.9. The van der Waals surface area contributed by atoms with Gasteiger partial charge in [0.25, 0.3) is 0 Å². The second-order valence-electron chi connectivity index (χ2n) is 5.98. The highest BCUT2D eigenvalue weighted by Crippen LogP contribution is 2.19. The summed E-state index contributed by atoms with van der Waals surface area (Å²) in [5.74, 6) is -1.60. The molecule has 0 aromatic rings. The highest BCUT2D eigenvalue weighted by Gasteiger charge is 2.29. The third kappa shape index (κ3) is 6.44. The van der Waals surface area contributed by atoms with Gasteiger partial charge in [0.1, 0.15) is 12.1 Å². The van der Waals surface area contributed by atoms with Crippen molar-refractivity contribution in [3.63, 3.8) is 0 Å². The Morgan fingerprint density at radius 2 is 1.91 bits per heavy atom. The van der Waals surface area contributed by atoms with E-state index >= 15 is 0 Å². The van der Waals surface area contributed by atoms with Gasteiger partial charge in [-0.3, -0.25) is 9.59 Å². The molecular formula is C14H26N2O6S. The average Bonchev–Trinajstić information content (AvgIpc) is 2.47. The maximum absolute atomic E-state index is 11.9. The number of rotatable bonds is 8. The lowest BCUT2D eigenvalue weighted by Crippen LogP contribution is -2.42. The Balaban J connectivity index is 2.35. The van der Waals surface area contributed by atoms with Crippen LogP contribution in [0.5, 0.6) is 0 Å². The highest BCUT2D eigenvalue weighted by atomic mass is 32.2. The maximum Gasteiger partial charge on any atom is 0.320 e. The Bertz CT molecular complexity index is 513. The van der Waals surface area contributed by atoms with Crippen molar-refractivity contribution >= 4 is 22.0 Å². The molecule has 0 aromatic carbocycles.